The number of ketones is 3. The average molecular weight is 571 g/mol. The number of aryl methyl sites for hydroxylation is 1. The van der Waals surface area contributed by atoms with Crippen LogP contribution in [0.5, 0.6) is 5.75 Å². The number of aliphatic hydroxyl groups is 3. The minimum absolute atomic E-state index is 0.0141. The van der Waals surface area contributed by atoms with Gasteiger partial charge < -0.3 is 36.0 Å². The van der Waals surface area contributed by atoms with E-state index in [0.29, 0.717) is 16.8 Å². The van der Waals surface area contributed by atoms with Gasteiger partial charge >= 0.3 is 0 Å². The van der Waals surface area contributed by atoms with E-state index in [4.69, 9.17) is 5.73 Å². The van der Waals surface area contributed by atoms with Crippen LogP contribution in [0.4, 0.5) is 5.69 Å². The third-order valence-corrected chi connectivity index (χ3v) is 8.42. The molecule has 0 saturated heterocycles. The summed E-state index contributed by atoms with van der Waals surface area (Å²) in [4.78, 5) is 56.8. The lowest BCUT2D eigenvalue weighted by molar-refractivity contribution is -0.153. The number of fused-ring (bicyclic) bond motifs is 3. The Labute approximate surface area is 238 Å². The zero-order valence-electron chi connectivity index (χ0n) is 24.2. The van der Waals surface area contributed by atoms with E-state index in [2.05, 4.69) is 0 Å². The van der Waals surface area contributed by atoms with Crippen molar-refractivity contribution in [1.82, 2.24) is 9.80 Å². The summed E-state index contributed by atoms with van der Waals surface area (Å²) < 4.78 is 0. The molecule has 3 aliphatic rings. The topological polar surface area (TPSA) is 185 Å². The quantitative estimate of drug-likeness (QED) is 0.267. The van der Waals surface area contributed by atoms with Crippen LogP contribution in [0.15, 0.2) is 23.0 Å². The maximum Gasteiger partial charge on any atom is 0.255 e. The Morgan fingerprint density at radius 3 is 2.24 bits per heavy atom. The zero-order chi connectivity index (χ0) is 30.7. The minimum Gasteiger partial charge on any atom is -0.508 e. The number of aromatic hydroxyl groups is 1. The molecule has 12 heteroatoms. The number of primary amides is 1. The van der Waals surface area contributed by atoms with Crippen molar-refractivity contribution in [3.8, 4) is 5.75 Å². The number of phenolic OH excluding ortho intramolecular Hbond substituents is 1. The van der Waals surface area contributed by atoms with Crippen molar-refractivity contribution in [1.29, 1.82) is 0 Å². The SMILES string of the molecule is CN(C)CC(=O)CCc1cc(N(C)C)c2c(c1O)C(O)=C1C(=O)[C@]3(O)C(O)=C(C(N)=O)C(=O)C(N(C)C)[C@@H]3C[C@@H]1C2. The van der Waals surface area contributed by atoms with Gasteiger partial charge in [0.2, 0.25) is 5.78 Å². The zero-order valence-corrected chi connectivity index (χ0v) is 24.2. The molecule has 4 atom stereocenters. The molecule has 0 bridgehead atoms. The van der Waals surface area contributed by atoms with Crippen molar-refractivity contribution in [3.05, 3.63) is 39.7 Å². The first kappa shape index (κ1) is 30.2. The van der Waals surface area contributed by atoms with E-state index >= 15 is 0 Å². The van der Waals surface area contributed by atoms with Gasteiger partial charge in [-0.3, -0.25) is 24.1 Å². The number of aliphatic hydroxyl groups excluding tert-OH is 2. The molecule has 6 N–H and O–H groups in total. The Bertz CT molecular complexity index is 1410. The van der Waals surface area contributed by atoms with E-state index in [-0.39, 0.29) is 54.9 Å². The Balaban J connectivity index is 1.90. The molecule has 3 aliphatic carbocycles. The van der Waals surface area contributed by atoms with Crippen LogP contribution in [0.3, 0.4) is 0 Å². The number of rotatable bonds is 8. The van der Waals surface area contributed by atoms with E-state index in [0.717, 1.165) is 0 Å². The van der Waals surface area contributed by atoms with E-state index in [9.17, 15) is 39.6 Å². The van der Waals surface area contributed by atoms with E-state index in [1.165, 1.54) is 4.90 Å². The number of carbonyl (C=O) groups is 4. The molecule has 0 radical (unpaired) electrons. The summed E-state index contributed by atoms with van der Waals surface area (Å²) in [6, 6.07) is 0.618. The van der Waals surface area contributed by atoms with Gasteiger partial charge in [-0.2, -0.15) is 0 Å². The summed E-state index contributed by atoms with van der Waals surface area (Å²) in [6.45, 7) is 0.234. The first-order chi connectivity index (χ1) is 19.0. The molecular formula is C29H38N4O8. The normalized spacial score (nSPS) is 25.8. The largest absolute Gasteiger partial charge is 0.508 e. The van der Waals surface area contributed by atoms with Gasteiger partial charge in [-0.1, -0.05) is 0 Å². The van der Waals surface area contributed by atoms with Crippen molar-refractivity contribution in [3.63, 3.8) is 0 Å². The maximum absolute atomic E-state index is 14.0. The number of phenols is 1. The third kappa shape index (κ3) is 4.69. The minimum atomic E-state index is -2.69. The predicted molar refractivity (Wildman–Crippen MR) is 150 cm³/mol. The summed E-state index contributed by atoms with van der Waals surface area (Å²) in [5.74, 6) is -6.93. The first-order valence-corrected chi connectivity index (χ1v) is 13.4. The van der Waals surface area contributed by atoms with Gasteiger partial charge in [0.1, 0.15) is 28.6 Å². The lowest BCUT2D eigenvalue weighted by Crippen LogP contribution is -2.65. The summed E-state index contributed by atoms with van der Waals surface area (Å²) >= 11 is 0. The molecule has 0 aliphatic heterocycles. The molecule has 0 aromatic heterocycles. The van der Waals surface area contributed by atoms with Gasteiger partial charge in [0.25, 0.3) is 5.91 Å². The highest BCUT2D eigenvalue weighted by atomic mass is 16.3. The number of anilines is 1. The second-order valence-corrected chi connectivity index (χ2v) is 11.9. The lowest BCUT2D eigenvalue weighted by atomic mass is 9.57. The number of nitrogens with two attached hydrogens (primary N) is 1. The van der Waals surface area contributed by atoms with E-state index < -0.39 is 58.0 Å². The average Bonchev–Trinajstić information content (AvgIpc) is 2.84. The maximum atomic E-state index is 14.0. The van der Waals surface area contributed by atoms with Crippen molar-refractivity contribution in [2.45, 2.75) is 37.3 Å². The summed E-state index contributed by atoms with van der Waals surface area (Å²) in [6.07, 6.45) is 0.540. The standard InChI is InChI=1S/C29H38N4O8/c1-31(2)12-15(34)8-7-13-11-18(32(3)4)16-9-14-10-17-22(33(5)6)25(37)21(28(30)40)27(39)29(17,41)26(38)19(14)24(36)20(16)23(13)35/h11,14,17,22,35-36,39,41H,7-10,12H2,1-6H3,(H2,30,40)/t14-,17-,22?,29-/m0/s1. The molecular weight excluding hydrogens is 532 g/mol. The smallest absolute Gasteiger partial charge is 0.255 e. The fraction of sp³-hybridized carbons (Fsp3) is 0.517. The predicted octanol–water partition coefficient (Wildman–Crippen LogP) is 0.0933. The molecule has 4 rings (SSSR count). The van der Waals surface area contributed by atoms with E-state index in [1.807, 2.05) is 4.90 Å². The van der Waals surface area contributed by atoms with Crippen molar-refractivity contribution < 1.29 is 39.6 Å². The van der Waals surface area contributed by atoms with Crippen molar-refractivity contribution in [2.24, 2.45) is 17.6 Å². The Kier molecular flexibility index (Phi) is 7.80. The molecule has 1 aromatic carbocycles. The Morgan fingerprint density at radius 1 is 1.07 bits per heavy atom. The first-order valence-electron chi connectivity index (χ1n) is 13.4. The molecule has 0 spiro atoms. The van der Waals surface area contributed by atoms with Crippen LogP contribution in [-0.2, 0) is 32.0 Å². The lowest BCUT2D eigenvalue weighted by Gasteiger charge is -2.50. The second-order valence-electron chi connectivity index (χ2n) is 11.9. The molecule has 1 amide bonds. The fourth-order valence-corrected chi connectivity index (χ4v) is 6.64. The molecule has 222 valence electrons. The highest BCUT2D eigenvalue weighted by Crippen LogP contribution is 2.54. The monoisotopic (exact) mass is 570 g/mol. The van der Waals surface area contributed by atoms with Crippen LogP contribution in [0.1, 0.15) is 29.5 Å². The van der Waals surface area contributed by atoms with Gasteiger partial charge in [-0.25, -0.2) is 0 Å². The van der Waals surface area contributed by atoms with Crippen molar-refractivity contribution in [2.75, 3.05) is 53.7 Å². The van der Waals surface area contributed by atoms with Crippen LogP contribution in [0, 0.1) is 11.8 Å². The molecule has 1 saturated carbocycles. The number of benzene rings is 1. The van der Waals surface area contributed by atoms with Gasteiger partial charge in [0, 0.05) is 37.7 Å². The number of hydrogen-bond acceptors (Lipinski definition) is 11. The van der Waals surface area contributed by atoms with Gasteiger partial charge in [-0.05, 0) is 70.6 Å². The second kappa shape index (κ2) is 10.6. The molecule has 0 heterocycles. The van der Waals surface area contributed by atoms with Crippen LogP contribution >= 0.6 is 0 Å². The van der Waals surface area contributed by atoms with E-state index in [1.54, 1.807) is 53.3 Å². The van der Waals surface area contributed by atoms with Gasteiger partial charge in [0.15, 0.2) is 11.4 Å². The summed E-state index contributed by atoms with van der Waals surface area (Å²) in [5, 5.41) is 45.6. The number of nitrogens with zero attached hydrogens (tertiary/aromatic N) is 3. The molecule has 1 aromatic rings. The van der Waals surface area contributed by atoms with Crippen LogP contribution in [-0.4, -0.2) is 114 Å². The third-order valence-electron chi connectivity index (χ3n) is 8.42. The number of carbonyl (C=O) groups excluding carboxylic acids is 4. The van der Waals surface area contributed by atoms with Crippen LogP contribution in [0.2, 0.25) is 0 Å². The molecule has 1 unspecified atom stereocenters. The van der Waals surface area contributed by atoms with Crippen molar-refractivity contribution >= 4 is 34.7 Å². The molecule has 12 nitrogen and oxygen atoms in total. The number of amides is 1. The Morgan fingerprint density at radius 2 is 1.71 bits per heavy atom. The number of likely N-dealkylation sites (N-methyl/N-ethyl adjacent to an activating group) is 2. The Hall–Kier alpha value is -3.74. The van der Waals surface area contributed by atoms with Crippen LogP contribution < -0.4 is 10.6 Å². The summed E-state index contributed by atoms with van der Waals surface area (Å²) in [7, 11) is 10.3. The fourth-order valence-electron chi connectivity index (χ4n) is 6.64. The summed E-state index contributed by atoms with van der Waals surface area (Å²) in [5.41, 5.74) is 3.28. The molecule has 1 fully saturated rings. The molecule has 41 heavy (non-hydrogen) atoms. The van der Waals surface area contributed by atoms with Crippen LogP contribution in [0.25, 0.3) is 5.76 Å². The number of Topliss-reactive ketones (excluding diaryl/α,β-unsaturated/α-hetero) is 3. The number of hydrogen-bond donors (Lipinski definition) is 5. The highest BCUT2D eigenvalue weighted by molar-refractivity contribution is 6.24. The van der Waals surface area contributed by atoms with Gasteiger partial charge in [-0.15, -0.1) is 0 Å². The highest BCUT2D eigenvalue weighted by Gasteiger charge is 2.64. The van der Waals surface area contributed by atoms with Gasteiger partial charge in [0.05, 0.1) is 18.2 Å².